The van der Waals surface area contributed by atoms with Gasteiger partial charge in [-0.25, -0.2) is 4.39 Å². The molecule has 4 nitrogen and oxygen atoms in total. The first kappa shape index (κ1) is 17.1. The van der Waals surface area contributed by atoms with Gasteiger partial charge in [0.05, 0.1) is 0 Å². The molecule has 0 bridgehead atoms. The van der Waals surface area contributed by atoms with Crippen LogP contribution >= 0.6 is 0 Å². The highest BCUT2D eigenvalue weighted by Crippen LogP contribution is 2.14. The van der Waals surface area contributed by atoms with Crippen molar-refractivity contribution in [3.8, 4) is 0 Å². The molecule has 0 saturated heterocycles. The fourth-order valence-electron chi connectivity index (χ4n) is 2.23. The summed E-state index contributed by atoms with van der Waals surface area (Å²) in [6.07, 6.45) is 2.26. The predicted molar refractivity (Wildman–Crippen MR) is 78.1 cm³/mol. The molecule has 0 radical (unpaired) electrons. The monoisotopic (exact) mass is 295 g/mol. The lowest BCUT2D eigenvalue weighted by Crippen LogP contribution is -2.35. The van der Waals surface area contributed by atoms with Crippen molar-refractivity contribution >= 4 is 11.9 Å². The van der Waals surface area contributed by atoms with Crippen LogP contribution in [-0.2, 0) is 16.1 Å². The molecule has 21 heavy (non-hydrogen) atoms. The van der Waals surface area contributed by atoms with Crippen LogP contribution in [0.25, 0.3) is 0 Å². The number of carboxylic acids is 1. The zero-order valence-electron chi connectivity index (χ0n) is 12.5. The Morgan fingerprint density at radius 1 is 1.29 bits per heavy atom. The lowest BCUT2D eigenvalue weighted by Gasteiger charge is -2.22. The number of hydrogen-bond donors (Lipinski definition) is 1. The Bertz CT molecular complexity index is 473. The summed E-state index contributed by atoms with van der Waals surface area (Å²) >= 11 is 0. The molecule has 1 aromatic rings. The van der Waals surface area contributed by atoms with Gasteiger partial charge in [-0.1, -0.05) is 38.8 Å². The van der Waals surface area contributed by atoms with E-state index in [-0.39, 0.29) is 30.7 Å². The third-order valence-electron chi connectivity index (χ3n) is 3.27. The van der Waals surface area contributed by atoms with Crippen LogP contribution in [0.3, 0.4) is 0 Å². The van der Waals surface area contributed by atoms with Gasteiger partial charge in [-0.3, -0.25) is 9.59 Å². The molecule has 0 aliphatic heterocycles. The molecule has 0 aliphatic rings. The Balaban J connectivity index is 2.72. The first-order valence-corrected chi connectivity index (χ1v) is 7.16. The van der Waals surface area contributed by atoms with Crippen molar-refractivity contribution in [1.29, 1.82) is 0 Å². The number of benzene rings is 1. The van der Waals surface area contributed by atoms with E-state index in [0.29, 0.717) is 12.0 Å². The number of halogens is 1. The van der Waals surface area contributed by atoms with Crippen LogP contribution in [0.1, 0.15) is 38.7 Å². The molecule has 0 fully saturated rings. The second kappa shape index (κ2) is 8.39. The lowest BCUT2D eigenvalue weighted by atomic mass is 10.0. The van der Waals surface area contributed by atoms with Crippen LogP contribution in [0.15, 0.2) is 24.3 Å². The predicted octanol–water partition coefficient (Wildman–Crippen LogP) is 3.07. The summed E-state index contributed by atoms with van der Waals surface area (Å²) in [6, 6.07) is 5.73. The number of carbonyl (C=O) groups is 2. The number of amides is 1. The van der Waals surface area contributed by atoms with Gasteiger partial charge in [0.15, 0.2) is 0 Å². The Labute approximate surface area is 124 Å². The molecular weight excluding hydrogens is 273 g/mol. The van der Waals surface area contributed by atoms with E-state index in [9.17, 15) is 14.0 Å². The largest absolute Gasteiger partial charge is 0.480 e. The Morgan fingerprint density at radius 2 is 1.90 bits per heavy atom. The van der Waals surface area contributed by atoms with E-state index >= 15 is 0 Å². The van der Waals surface area contributed by atoms with Crippen LogP contribution in [0.5, 0.6) is 0 Å². The fourth-order valence-corrected chi connectivity index (χ4v) is 2.23. The van der Waals surface area contributed by atoms with Crippen molar-refractivity contribution in [1.82, 2.24) is 4.90 Å². The van der Waals surface area contributed by atoms with Crippen molar-refractivity contribution in [2.24, 2.45) is 5.92 Å². The van der Waals surface area contributed by atoms with Crippen molar-refractivity contribution in [2.45, 2.75) is 39.7 Å². The van der Waals surface area contributed by atoms with Gasteiger partial charge >= 0.3 is 5.97 Å². The highest BCUT2D eigenvalue weighted by Gasteiger charge is 2.19. The summed E-state index contributed by atoms with van der Waals surface area (Å²) in [5.74, 6) is -1.35. The minimum absolute atomic E-state index is 0.178. The zero-order valence-corrected chi connectivity index (χ0v) is 12.5. The molecule has 116 valence electrons. The van der Waals surface area contributed by atoms with Gasteiger partial charge in [0, 0.05) is 13.0 Å². The smallest absolute Gasteiger partial charge is 0.323 e. The minimum atomic E-state index is -1.05. The van der Waals surface area contributed by atoms with Crippen LogP contribution in [0.4, 0.5) is 4.39 Å². The number of hydrogen-bond acceptors (Lipinski definition) is 2. The van der Waals surface area contributed by atoms with Gasteiger partial charge in [-0.2, -0.15) is 0 Å². The van der Waals surface area contributed by atoms with E-state index in [2.05, 4.69) is 6.92 Å². The van der Waals surface area contributed by atoms with Gasteiger partial charge in [-0.05, 0) is 23.6 Å². The van der Waals surface area contributed by atoms with Gasteiger partial charge in [0.25, 0.3) is 0 Å². The summed E-state index contributed by atoms with van der Waals surface area (Å²) in [5.41, 5.74) is 0.717. The maximum absolute atomic E-state index is 12.9. The average Bonchev–Trinajstić information content (AvgIpc) is 2.40. The summed E-state index contributed by atoms with van der Waals surface area (Å²) in [6.45, 7) is 3.88. The molecule has 5 heteroatoms. The zero-order chi connectivity index (χ0) is 15.8. The van der Waals surface area contributed by atoms with Crippen LogP contribution < -0.4 is 0 Å². The van der Waals surface area contributed by atoms with Gasteiger partial charge in [0.2, 0.25) is 5.91 Å². The average molecular weight is 295 g/mol. The molecule has 1 N–H and O–H groups in total. The maximum Gasteiger partial charge on any atom is 0.323 e. The Hall–Kier alpha value is -1.91. The first-order valence-electron chi connectivity index (χ1n) is 7.16. The molecule has 1 rings (SSSR count). The third-order valence-corrected chi connectivity index (χ3v) is 3.27. The van der Waals surface area contributed by atoms with E-state index in [4.69, 9.17) is 5.11 Å². The summed E-state index contributed by atoms with van der Waals surface area (Å²) < 4.78 is 12.9. The number of rotatable bonds is 8. The van der Waals surface area contributed by atoms with E-state index in [1.54, 1.807) is 12.1 Å². The van der Waals surface area contributed by atoms with Crippen LogP contribution in [0.2, 0.25) is 0 Å². The number of aliphatic carboxylic acids is 1. The summed E-state index contributed by atoms with van der Waals surface area (Å²) in [4.78, 5) is 24.4. The minimum Gasteiger partial charge on any atom is -0.480 e. The van der Waals surface area contributed by atoms with Crippen molar-refractivity contribution in [3.05, 3.63) is 35.6 Å². The van der Waals surface area contributed by atoms with E-state index < -0.39 is 5.97 Å². The normalized spacial score (nSPS) is 12.0. The van der Waals surface area contributed by atoms with E-state index in [0.717, 1.165) is 12.8 Å². The maximum atomic E-state index is 12.9. The van der Waals surface area contributed by atoms with Crippen molar-refractivity contribution in [3.63, 3.8) is 0 Å². The standard InChI is InChI=1S/C16H22FNO3/c1-3-4-12(2)9-15(19)18(11-16(20)21)10-13-5-7-14(17)8-6-13/h5-8,12H,3-4,9-11H2,1-2H3,(H,20,21). The number of carbonyl (C=O) groups excluding carboxylic acids is 1. The van der Waals surface area contributed by atoms with Crippen LogP contribution in [-0.4, -0.2) is 28.4 Å². The highest BCUT2D eigenvalue weighted by molar-refractivity contribution is 5.81. The summed E-state index contributed by atoms with van der Waals surface area (Å²) in [5, 5.41) is 8.94. The molecule has 0 heterocycles. The van der Waals surface area contributed by atoms with Crippen molar-refractivity contribution in [2.75, 3.05) is 6.54 Å². The second-order valence-corrected chi connectivity index (χ2v) is 5.37. The SMILES string of the molecule is CCCC(C)CC(=O)N(CC(=O)O)Cc1ccc(F)cc1. The molecule has 1 aromatic carbocycles. The van der Waals surface area contributed by atoms with E-state index in [1.165, 1.54) is 17.0 Å². The van der Waals surface area contributed by atoms with Crippen LogP contribution in [0, 0.1) is 11.7 Å². The molecular formula is C16H22FNO3. The second-order valence-electron chi connectivity index (χ2n) is 5.37. The summed E-state index contributed by atoms with van der Waals surface area (Å²) in [7, 11) is 0. The van der Waals surface area contributed by atoms with Gasteiger partial charge < -0.3 is 10.0 Å². The van der Waals surface area contributed by atoms with Gasteiger partial charge in [0.1, 0.15) is 12.4 Å². The first-order chi connectivity index (χ1) is 9.92. The molecule has 0 saturated carbocycles. The molecule has 0 spiro atoms. The number of carboxylic acid groups (broad SMARTS) is 1. The molecule has 0 aliphatic carbocycles. The lowest BCUT2D eigenvalue weighted by molar-refractivity contribution is -0.145. The molecule has 1 unspecified atom stereocenters. The number of nitrogens with zero attached hydrogens (tertiary/aromatic N) is 1. The highest BCUT2D eigenvalue weighted by atomic mass is 19.1. The molecule has 1 atom stereocenters. The van der Waals surface area contributed by atoms with Crippen molar-refractivity contribution < 1.29 is 19.1 Å². The van der Waals surface area contributed by atoms with E-state index in [1.807, 2.05) is 6.92 Å². The molecule has 1 amide bonds. The fraction of sp³-hybridized carbons (Fsp3) is 0.500. The third kappa shape index (κ3) is 6.38. The van der Waals surface area contributed by atoms with Gasteiger partial charge in [-0.15, -0.1) is 0 Å². The molecule has 0 aromatic heterocycles. The Kier molecular flexibility index (Phi) is 6.85. The quantitative estimate of drug-likeness (QED) is 0.802. The topological polar surface area (TPSA) is 57.6 Å². The Morgan fingerprint density at radius 3 is 2.43 bits per heavy atom.